The molecular weight excluding hydrogens is 265 g/mol. The summed E-state index contributed by atoms with van der Waals surface area (Å²) in [7, 11) is 1.56. The van der Waals surface area contributed by atoms with E-state index in [1.165, 1.54) is 6.07 Å². The summed E-state index contributed by atoms with van der Waals surface area (Å²) in [5.74, 6) is 0.820. The second kappa shape index (κ2) is 5.60. The third-order valence-corrected chi connectivity index (χ3v) is 5.62. The first-order valence-electron chi connectivity index (χ1n) is 7.84. The molecule has 21 heavy (non-hydrogen) atoms. The molecule has 1 aromatic rings. The molecule has 0 saturated heterocycles. The maximum absolute atomic E-state index is 14.5. The Morgan fingerprint density at radius 3 is 2.29 bits per heavy atom. The van der Waals surface area contributed by atoms with Gasteiger partial charge in [-0.05, 0) is 35.8 Å². The van der Waals surface area contributed by atoms with Crippen LogP contribution in [0.5, 0.6) is 5.75 Å². The molecule has 3 heteroatoms. The molecule has 0 radical (unpaired) electrons. The second-order valence-corrected chi connectivity index (χ2v) is 7.24. The Hall–Kier alpha value is -1.09. The van der Waals surface area contributed by atoms with E-state index in [9.17, 15) is 4.39 Å². The smallest absolute Gasteiger partial charge is 0.131 e. The minimum absolute atomic E-state index is 0.0563. The summed E-state index contributed by atoms with van der Waals surface area (Å²) in [6.07, 6.45) is 1.04. The Kier molecular flexibility index (Phi) is 4.34. The first-order valence-corrected chi connectivity index (χ1v) is 7.84. The lowest BCUT2D eigenvalue weighted by Gasteiger charge is -2.22. The molecule has 0 aromatic heterocycles. The van der Waals surface area contributed by atoms with Crippen LogP contribution in [0.4, 0.5) is 4.39 Å². The molecule has 1 aromatic carbocycles. The summed E-state index contributed by atoms with van der Waals surface area (Å²) in [6.45, 7) is 12.1. The van der Waals surface area contributed by atoms with Crippen LogP contribution in [0.25, 0.3) is 0 Å². The van der Waals surface area contributed by atoms with Crippen LogP contribution in [0.2, 0.25) is 0 Å². The number of benzene rings is 1. The number of nitrogens with one attached hydrogen (secondary N) is 1. The van der Waals surface area contributed by atoms with Gasteiger partial charge < -0.3 is 10.1 Å². The summed E-state index contributed by atoms with van der Waals surface area (Å²) in [4.78, 5) is 0. The van der Waals surface area contributed by atoms with Crippen LogP contribution in [0.15, 0.2) is 18.2 Å². The van der Waals surface area contributed by atoms with Gasteiger partial charge in [-0.3, -0.25) is 0 Å². The van der Waals surface area contributed by atoms with Crippen molar-refractivity contribution in [3.8, 4) is 5.75 Å². The lowest BCUT2D eigenvalue weighted by molar-refractivity contribution is 0.388. The van der Waals surface area contributed by atoms with Crippen molar-refractivity contribution in [2.45, 2.75) is 47.1 Å². The van der Waals surface area contributed by atoms with E-state index in [4.69, 9.17) is 4.74 Å². The zero-order valence-electron chi connectivity index (χ0n) is 14.1. The van der Waals surface area contributed by atoms with Crippen molar-refractivity contribution in [1.82, 2.24) is 5.32 Å². The number of hydrogen-bond donors (Lipinski definition) is 1. The van der Waals surface area contributed by atoms with Gasteiger partial charge in [0.15, 0.2) is 0 Å². The fraction of sp³-hybridized carbons (Fsp3) is 0.667. The van der Waals surface area contributed by atoms with Gasteiger partial charge in [0, 0.05) is 17.7 Å². The van der Waals surface area contributed by atoms with Gasteiger partial charge in [0.25, 0.3) is 0 Å². The highest BCUT2D eigenvalue weighted by Crippen LogP contribution is 2.72. The summed E-state index contributed by atoms with van der Waals surface area (Å²) in [6, 6.07) is 5.26. The fourth-order valence-electron chi connectivity index (χ4n) is 3.68. The lowest BCUT2D eigenvalue weighted by atomic mass is 9.95. The first-order chi connectivity index (χ1) is 9.77. The normalized spacial score (nSPS) is 21.1. The van der Waals surface area contributed by atoms with Crippen LogP contribution in [-0.2, 0) is 0 Å². The summed E-state index contributed by atoms with van der Waals surface area (Å²) in [5.41, 5.74) is 1.18. The highest BCUT2D eigenvalue weighted by molar-refractivity contribution is 5.34. The Balaban J connectivity index is 2.34. The fourth-order valence-corrected chi connectivity index (χ4v) is 3.68. The predicted octanol–water partition coefficient (Wildman–Crippen LogP) is 4.56. The van der Waals surface area contributed by atoms with Crippen molar-refractivity contribution in [2.75, 3.05) is 13.7 Å². The van der Waals surface area contributed by atoms with Gasteiger partial charge in [0.05, 0.1) is 7.11 Å². The maximum Gasteiger partial charge on any atom is 0.131 e. The Bertz CT molecular complexity index is 496. The average Bonchev–Trinajstić information content (AvgIpc) is 2.82. The Labute approximate surface area is 128 Å². The number of rotatable bonds is 6. The van der Waals surface area contributed by atoms with E-state index in [2.05, 4.69) is 39.9 Å². The average molecular weight is 293 g/mol. The van der Waals surface area contributed by atoms with Crippen LogP contribution in [0, 0.1) is 22.6 Å². The van der Waals surface area contributed by atoms with E-state index in [1.54, 1.807) is 7.11 Å². The van der Waals surface area contributed by atoms with Crippen molar-refractivity contribution >= 4 is 0 Å². The van der Waals surface area contributed by atoms with E-state index in [-0.39, 0.29) is 22.7 Å². The van der Waals surface area contributed by atoms with Crippen molar-refractivity contribution in [2.24, 2.45) is 16.7 Å². The number of ether oxygens (including phenoxy) is 1. The van der Waals surface area contributed by atoms with E-state index < -0.39 is 0 Å². The van der Waals surface area contributed by atoms with Crippen LogP contribution in [-0.4, -0.2) is 13.7 Å². The summed E-state index contributed by atoms with van der Waals surface area (Å²) < 4.78 is 19.6. The van der Waals surface area contributed by atoms with Crippen molar-refractivity contribution in [3.63, 3.8) is 0 Å². The monoisotopic (exact) mass is 293 g/mol. The molecule has 2 rings (SSSR count). The molecule has 2 nitrogen and oxygen atoms in total. The third-order valence-electron chi connectivity index (χ3n) is 5.62. The van der Waals surface area contributed by atoms with Gasteiger partial charge in [-0.15, -0.1) is 0 Å². The Morgan fingerprint density at radius 1 is 1.24 bits per heavy atom. The molecule has 0 heterocycles. The molecule has 1 atom stereocenters. The van der Waals surface area contributed by atoms with Gasteiger partial charge >= 0.3 is 0 Å². The lowest BCUT2D eigenvalue weighted by Crippen LogP contribution is -2.27. The molecule has 1 fully saturated rings. The number of halogens is 1. The van der Waals surface area contributed by atoms with E-state index in [0.29, 0.717) is 11.7 Å². The highest BCUT2D eigenvalue weighted by Gasteiger charge is 2.67. The molecule has 1 N–H and O–H groups in total. The SMILES string of the molecule is CCCNC(c1ccc(OC)cc1F)C1C(C)(C)C1(C)C. The minimum Gasteiger partial charge on any atom is -0.497 e. The molecule has 1 aliphatic carbocycles. The van der Waals surface area contributed by atoms with Crippen molar-refractivity contribution in [1.29, 1.82) is 0 Å². The van der Waals surface area contributed by atoms with Gasteiger partial charge in [-0.25, -0.2) is 4.39 Å². The zero-order chi connectivity index (χ0) is 15.8. The third kappa shape index (κ3) is 2.68. The molecule has 1 unspecified atom stereocenters. The van der Waals surface area contributed by atoms with E-state index in [0.717, 1.165) is 18.5 Å². The van der Waals surface area contributed by atoms with Crippen LogP contribution in [0.3, 0.4) is 0 Å². The first kappa shape index (κ1) is 16.3. The molecule has 1 aliphatic rings. The number of methoxy groups -OCH3 is 1. The summed E-state index contributed by atoms with van der Waals surface area (Å²) >= 11 is 0. The van der Waals surface area contributed by atoms with Gasteiger partial charge in [-0.1, -0.05) is 40.7 Å². The van der Waals surface area contributed by atoms with Crippen LogP contribution < -0.4 is 10.1 Å². The highest BCUT2D eigenvalue weighted by atomic mass is 19.1. The van der Waals surface area contributed by atoms with Crippen LogP contribution >= 0.6 is 0 Å². The summed E-state index contributed by atoms with van der Waals surface area (Å²) in [5, 5.41) is 3.56. The van der Waals surface area contributed by atoms with Gasteiger partial charge in [0.1, 0.15) is 11.6 Å². The standard InChI is InChI=1S/C18H28FNO/c1-7-10-20-15(16-17(2,3)18(16,4)5)13-9-8-12(21-6)11-14(13)19/h8-9,11,15-16,20H,7,10H2,1-6H3. The van der Waals surface area contributed by atoms with Gasteiger partial charge in [-0.2, -0.15) is 0 Å². The zero-order valence-corrected chi connectivity index (χ0v) is 14.1. The molecule has 0 bridgehead atoms. The molecule has 0 spiro atoms. The van der Waals surface area contributed by atoms with Crippen molar-refractivity contribution in [3.05, 3.63) is 29.6 Å². The molecule has 0 amide bonds. The minimum atomic E-state index is -0.179. The van der Waals surface area contributed by atoms with E-state index in [1.807, 2.05) is 12.1 Å². The topological polar surface area (TPSA) is 21.3 Å². The molecule has 118 valence electrons. The van der Waals surface area contributed by atoms with Crippen molar-refractivity contribution < 1.29 is 9.13 Å². The van der Waals surface area contributed by atoms with E-state index >= 15 is 0 Å². The molecule has 0 aliphatic heterocycles. The molecular formula is C18H28FNO. The second-order valence-electron chi connectivity index (χ2n) is 7.24. The van der Waals surface area contributed by atoms with Crippen LogP contribution in [0.1, 0.15) is 52.6 Å². The largest absolute Gasteiger partial charge is 0.497 e. The Morgan fingerprint density at radius 2 is 1.86 bits per heavy atom. The quantitative estimate of drug-likeness (QED) is 0.830. The molecule has 1 saturated carbocycles. The maximum atomic E-state index is 14.5. The number of hydrogen-bond acceptors (Lipinski definition) is 2. The predicted molar refractivity (Wildman–Crippen MR) is 85.0 cm³/mol. The van der Waals surface area contributed by atoms with Gasteiger partial charge in [0.2, 0.25) is 0 Å².